The average Bonchev–Trinajstić information content (AvgIpc) is 3.28. The second-order valence-corrected chi connectivity index (χ2v) is 8.22. The van der Waals surface area contributed by atoms with Crippen LogP contribution in [0.1, 0.15) is 58.3 Å². The van der Waals surface area contributed by atoms with E-state index in [9.17, 15) is 23.1 Å². The highest BCUT2D eigenvalue weighted by atomic mass is 19.4. The molecule has 1 aliphatic heterocycles. The summed E-state index contributed by atoms with van der Waals surface area (Å²) in [5.74, 6) is -0.107. The summed E-state index contributed by atoms with van der Waals surface area (Å²) in [5.41, 5.74) is 1.17. The van der Waals surface area contributed by atoms with Gasteiger partial charge in [0.05, 0.1) is 22.9 Å². The number of nitrogens with one attached hydrogen (secondary N) is 1. The van der Waals surface area contributed by atoms with Crippen LogP contribution in [0.25, 0.3) is 0 Å². The summed E-state index contributed by atoms with van der Waals surface area (Å²) in [6.45, 7) is 0. The molecule has 2 N–H and O–H groups in total. The Labute approximate surface area is 160 Å². The maximum absolute atomic E-state index is 13.7. The highest BCUT2D eigenvalue weighted by Gasteiger charge is 2.55. The number of halogens is 3. The van der Waals surface area contributed by atoms with Gasteiger partial charge in [-0.15, -0.1) is 0 Å². The molecule has 2 aliphatic carbocycles. The molecular weight excluding hydrogens is 367 g/mol. The Hall–Kier alpha value is -2.50. The Morgan fingerprint density at radius 2 is 1.71 bits per heavy atom. The van der Waals surface area contributed by atoms with E-state index in [0.29, 0.717) is 17.5 Å². The fourth-order valence-electron chi connectivity index (χ4n) is 6.03. The number of hydrogen-bond donors (Lipinski definition) is 2. The van der Waals surface area contributed by atoms with E-state index in [1.807, 2.05) is 6.07 Å². The van der Waals surface area contributed by atoms with Gasteiger partial charge in [-0.3, -0.25) is 0 Å². The zero-order valence-corrected chi connectivity index (χ0v) is 15.0. The largest absolute Gasteiger partial charge is 0.478 e. The van der Waals surface area contributed by atoms with Crippen LogP contribution in [0.2, 0.25) is 0 Å². The second-order valence-electron chi connectivity index (χ2n) is 8.22. The fourth-order valence-corrected chi connectivity index (χ4v) is 6.03. The van der Waals surface area contributed by atoms with Crippen LogP contribution in [0.3, 0.4) is 0 Å². The monoisotopic (exact) mass is 387 g/mol. The first kappa shape index (κ1) is 17.6. The highest BCUT2D eigenvalue weighted by molar-refractivity contribution is 5.95. The van der Waals surface area contributed by atoms with Crippen molar-refractivity contribution in [3.8, 4) is 0 Å². The number of carbonyl (C=O) groups is 1. The fraction of sp³-hybridized carbons (Fsp3) is 0.409. The number of benzene rings is 2. The lowest BCUT2D eigenvalue weighted by Gasteiger charge is -2.44. The molecule has 2 fully saturated rings. The van der Waals surface area contributed by atoms with Gasteiger partial charge >= 0.3 is 12.1 Å². The van der Waals surface area contributed by atoms with Gasteiger partial charge in [0.2, 0.25) is 0 Å². The predicted octanol–water partition coefficient (Wildman–Crippen LogP) is 5.70. The van der Waals surface area contributed by atoms with E-state index >= 15 is 0 Å². The Morgan fingerprint density at radius 3 is 2.46 bits per heavy atom. The van der Waals surface area contributed by atoms with Crippen molar-refractivity contribution in [2.24, 2.45) is 17.8 Å². The molecule has 0 unspecified atom stereocenters. The number of fused-ring (bicyclic) bond motifs is 7. The van der Waals surface area contributed by atoms with E-state index in [-0.39, 0.29) is 23.0 Å². The van der Waals surface area contributed by atoms with E-state index in [1.165, 1.54) is 18.2 Å². The smallest absolute Gasteiger partial charge is 0.416 e. The zero-order chi connectivity index (χ0) is 19.6. The maximum Gasteiger partial charge on any atom is 0.416 e. The minimum absolute atomic E-state index is 0.0544. The molecule has 2 aromatic rings. The molecule has 6 heteroatoms. The molecule has 1 heterocycles. The molecule has 0 saturated heterocycles. The predicted molar refractivity (Wildman–Crippen MR) is 98.3 cm³/mol. The molecule has 3 nitrogen and oxygen atoms in total. The third kappa shape index (κ3) is 2.46. The summed E-state index contributed by atoms with van der Waals surface area (Å²) in [6.07, 6.45) is -1.33. The number of alkyl halides is 3. The van der Waals surface area contributed by atoms with E-state index < -0.39 is 23.8 Å². The quantitative estimate of drug-likeness (QED) is 0.695. The van der Waals surface area contributed by atoms with Crippen LogP contribution in [-0.2, 0) is 6.18 Å². The van der Waals surface area contributed by atoms with Crippen molar-refractivity contribution in [2.75, 3.05) is 5.32 Å². The third-order valence-electron chi connectivity index (χ3n) is 6.95. The third-order valence-corrected chi connectivity index (χ3v) is 6.95. The summed E-state index contributed by atoms with van der Waals surface area (Å²) in [6, 6.07) is 10.4. The lowest BCUT2D eigenvalue weighted by Crippen LogP contribution is -2.37. The molecule has 0 radical (unpaired) electrons. The Morgan fingerprint density at radius 1 is 1.00 bits per heavy atom. The molecule has 0 aromatic heterocycles. The van der Waals surface area contributed by atoms with E-state index in [4.69, 9.17) is 0 Å². The maximum atomic E-state index is 13.7. The van der Waals surface area contributed by atoms with E-state index in [1.54, 1.807) is 12.1 Å². The molecule has 2 saturated carbocycles. The highest BCUT2D eigenvalue weighted by Crippen LogP contribution is 2.64. The van der Waals surface area contributed by atoms with Gasteiger partial charge in [0.25, 0.3) is 0 Å². The Kier molecular flexibility index (Phi) is 3.77. The van der Waals surface area contributed by atoms with Gasteiger partial charge in [0.1, 0.15) is 0 Å². The molecule has 28 heavy (non-hydrogen) atoms. The summed E-state index contributed by atoms with van der Waals surface area (Å²) in [4.78, 5) is 11.8. The van der Waals surface area contributed by atoms with Crippen LogP contribution in [-0.4, -0.2) is 11.1 Å². The lowest BCUT2D eigenvalue weighted by molar-refractivity contribution is -0.138. The number of carboxylic acid groups (broad SMARTS) is 1. The summed E-state index contributed by atoms with van der Waals surface area (Å²) < 4.78 is 41.1. The summed E-state index contributed by atoms with van der Waals surface area (Å²) in [5, 5.41) is 12.9. The number of rotatable bonds is 2. The molecule has 0 amide bonds. The first-order valence-corrected chi connectivity index (χ1v) is 9.65. The van der Waals surface area contributed by atoms with Gasteiger partial charge in [-0.1, -0.05) is 30.3 Å². The summed E-state index contributed by atoms with van der Waals surface area (Å²) >= 11 is 0. The van der Waals surface area contributed by atoms with Gasteiger partial charge in [-0.2, -0.15) is 13.2 Å². The van der Waals surface area contributed by atoms with Gasteiger partial charge in [0.15, 0.2) is 0 Å². The van der Waals surface area contributed by atoms with Crippen LogP contribution in [0.4, 0.5) is 18.9 Å². The van der Waals surface area contributed by atoms with E-state index in [0.717, 1.165) is 30.9 Å². The normalized spacial score (nSPS) is 30.5. The molecular formula is C22H20F3NO2. The molecule has 5 atom stereocenters. The van der Waals surface area contributed by atoms with Crippen molar-refractivity contribution < 1.29 is 23.1 Å². The van der Waals surface area contributed by atoms with Crippen LogP contribution in [0.5, 0.6) is 0 Å². The van der Waals surface area contributed by atoms with Crippen molar-refractivity contribution in [1.29, 1.82) is 0 Å². The molecule has 3 aliphatic rings. The van der Waals surface area contributed by atoms with Gasteiger partial charge in [-0.25, -0.2) is 4.79 Å². The first-order chi connectivity index (χ1) is 13.4. The van der Waals surface area contributed by atoms with Gasteiger partial charge < -0.3 is 10.4 Å². The number of aromatic carboxylic acids is 1. The van der Waals surface area contributed by atoms with Crippen molar-refractivity contribution in [3.05, 3.63) is 64.7 Å². The standard InChI is InChI=1S/C22H20F3NO2/c23-22(24,25)16-7-2-1-4-13(16)20-18-12-9-8-11(10-12)17(18)14-5-3-6-15(21(27)28)19(14)26-20/h1-7,11-12,17-18,20,26H,8-10H2,(H,27,28)/t11-,12-,17-,18-,20+/m0/s1. The number of anilines is 1. The summed E-state index contributed by atoms with van der Waals surface area (Å²) in [7, 11) is 0. The molecule has 5 rings (SSSR count). The van der Waals surface area contributed by atoms with Crippen molar-refractivity contribution >= 4 is 11.7 Å². The SMILES string of the molecule is O=C(O)c1cccc2c1N[C@H](c1ccccc1C(F)(F)F)[C@H]1[C@H]3CC[C@@H](C3)[C@@H]21. The lowest BCUT2D eigenvalue weighted by atomic mass is 9.67. The van der Waals surface area contributed by atoms with E-state index in [2.05, 4.69) is 5.32 Å². The van der Waals surface area contributed by atoms with Crippen LogP contribution >= 0.6 is 0 Å². The number of carboxylic acids is 1. The first-order valence-electron chi connectivity index (χ1n) is 9.65. The van der Waals surface area contributed by atoms with Crippen LogP contribution in [0, 0.1) is 17.8 Å². The van der Waals surface area contributed by atoms with Crippen LogP contribution < -0.4 is 5.32 Å². The van der Waals surface area contributed by atoms with Crippen LogP contribution in [0.15, 0.2) is 42.5 Å². The minimum atomic E-state index is -4.45. The Balaban J connectivity index is 1.70. The minimum Gasteiger partial charge on any atom is -0.478 e. The molecule has 2 aromatic carbocycles. The number of hydrogen-bond acceptors (Lipinski definition) is 2. The zero-order valence-electron chi connectivity index (χ0n) is 15.0. The molecule has 2 bridgehead atoms. The molecule has 0 spiro atoms. The Bertz CT molecular complexity index is 955. The van der Waals surface area contributed by atoms with Gasteiger partial charge in [-0.05, 0) is 66.2 Å². The second kappa shape index (κ2) is 6.00. The topological polar surface area (TPSA) is 49.3 Å². The van der Waals surface area contributed by atoms with Crippen molar-refractivity contribution in [2.45, 2.75) is 37.4 Å². The average molecular weight is 387 g/mol. The van der Waals surface area contributed by atoms with Crippen molar-refractivity contribution in [1.82, 2.24) is 0 Å². The number of para-hydroxylation sites is 1. The molecule has 146 valence electrons. The van der Waals surface area contributed by atoms with Gasteiger partial charge in [0, 0.05) is 0 Å². The van der Waals surface area contributed by atoms with Crippen molar-refractivity contribution in [3.63, 3.8) is 0 Å².